The van der Waals surface area contributed by atoms with E-state index in [-0.39, 0.29) is 0 Å². The molecule has 1 saturated carbocycles. The van der Waals surface area contributed by atoms with Gasteiger partial charge >= 0.3 is 0 Å². The van der Waals surface area contributed by atoms with Crippen LogP contribution in [0.5, 0.6) is 0 Å². The summed E-state index contributed by atoms with van der Waals surface area (Å²) in [6, 6.07) is 76.9. The van der Waals surface area contributed by atoms with E-state index in [1.807, 2.05) is 0 Å². The molecule has 12 rings (SSSR count). The zero-order valence-electron chi connectivity index (χ0n) is 33.9. The molecular formula is C56H41N5S. The fraction of sp³-hybridized carbons (Fsp3) is 0.0536. The summed E-state index contributed by atoms with van der Waals surface area (Å²) in [5.74, 6) is 1.82. The van der Waals surface area contributed by atoms with Gasteiger partial charge in [-0.25, -0.2) is 4.98 Å². The summed E-state index contributed by atoms with van der Waals surface area (Å²) in [5, 5.41) is 2.34. The highest BCUT2D eigenvalue weighted by molar-refractivity contribution is 8.34. The molecule has 0 amide bonds. The number of anilines is 1. The van der Waals surface area contributed by atoms with Gasteiger partial charge in [-0.05, 0) is 95.9 Å². The van der Waals surface area contributed by atoms with Gasteiger partial charge in [-0.1, -0.05) is 146 Å². The highest BCUT2D eigenvalue weighted by Gasteiger charge is 2.40. The van der Waals surface area contributed by atoms with E-state index in [4.69, 9.17) is 15.0 Å². The molecule has 1 aliphatic carbocycles. The lowest BCUT2D eigenvalue weighted by Crippen LogP contribution is -2.22. The average Bonchev–Trinajstić information content (AvgIpc) is 3.88. The van der Waals surface area contributed by atoms with Gasteiger partial charge < -0.3 is 4.90 Å². The zero-order valence-corrected chi connectivity index (χ0v) is 34.7. The predicted octanol–water partition coefficient (Wildman–Crippen LogP) is 13.8. The summed E-state index contributed by atoms with van der Waals surface area (Å²) in [4.78, 5) is 23.7. The van der Waals surface area contributed by atoms with Crippen LogP contribution in [0.1, 0.15) is 6.42 Å². The topological polar surface area (TPSA) is 46.8 Å². The number of benzene rings is 8. The van der Waals surface area contributed by atoms with Gasteiger partial charge in [0.1, 0.15) is 0 Å². The maximum absolute atomic E-state index is 5.47. The Hall–Kier alpha value is -7.54. The second kappa shape index (κ2) is 14.9. The molecule has 296 valence electrons. The van der Waals surface area contributed by atoms with E-state index in [1.54, 1.807) is 5.57 Å². The molecule has 62 heavy (non-hydrogen) atoms. The van der Waals surface area contributed by atoms with Crippen LogP contribution in [0.25, 0.3) is 61.7 Å². The van der Waals surface area contributed by atoms with E-state index in [1.165, 1.54) is 36.0 Å². The summed E-state index contributed by atoms with van der Waals surface area (Å²) < 4.78 is 2.25. The lowest BCUT2D eigenvalue weighted by atomic mass is 10.0. The predicted molar refractivity (Wildman–Crippen MR) is 254 cm³/mol. The Morgan fingerprint density at radius 2 is 0.952 bits per heavy atom. The van der Waals surface area contributed by atoms with Gasteiger partial charge in [-0.2, -0.15) is 9.97 Å². The first-order valence-electron chi connectivity index (χ1n) is 21.2. The van der Waals surface area contributed by atoms with Gasteiger partial charge in [0.15, 0.2) is 11.6 Å². The minimum absolute atomic E-state index is 0.515. The molecule has 1 unspecified atom stereocenters. The van der Waals surface area contributed by atoms with Crippen LogP contribution in [-0.2, 0) is 0 Å². The van der Waals surface area contributed by atoms with E-state index >= 15 is 0 Å². The third kappa shape index (κ3) is 6.06. The summed E-state index contributed by atoms with van der Waals surface area (Å²) in [6.45, 7) is 0.943. The fourth-order valence-corrected chi connectivity index (χ4v) is 13.3. The van der Waals surface area contributed by atoms with Gasteiger partial charge in [0, 0.05) is 53.7 Å². The molecule has 0 saturated heterocycles. The molecule has 1 atom stereocenters. The molecule has 0 radical (unpaired) electrons. The van der Waals surface area contributed by atoms with Crippen molar-refractivity contribution in [2.24, 2.45) is 0 Å². The third-order valence-electron chi connectivity index (χ3n) is 12.4. The fourth-order valence-electron chi connectivity index (χ4n) is 9.38. The zero-order chi connectivity index (χ0) is 41.0. The first kappa shape index (κ1) is 36.3. The van der Waals surface area contributed by atoms with Crippen molar-refractivity contribution in [3.05, 3.63) is 224 Å². The Morgan fingerprint density at radius 1 is 0.419 bits per heavy atom. The van der Waals surface area contributed by atoms with Crippen molar-refractivity contribution in [3.8, 4) is 39.9 Å². The molecule has 2 aliphatic rings. The summed E-state index contributed by atoms with van der Waals surface area (Å²) in [5.41, 5.74) is 9.01. The molecule has 3 heterocycles. The van der Waals surface area contributed by atoms with Crippen LogP contribution in [0.15, 0.2) is 244 Å². The third-order valence-corrected chi connectivity index (χ3v) is 16.3. The van der Waals surface area contributed by atoms with Crippen molar-refractivity contribution >= 4 is 37.5 Å². The highest BCUT2D eigenvalue weighted by atomic mass is 32.3. The highest BCUT2D eigenvalue weighted by Crippen LogP contribution is 2.73. The van der Waals surface area contributed by atoms with Gasteiger partial charge in [0.2, 0.25) is 5.95 Å². The first-order valence-corrected chi connectivity index (χ1v) is 22.9. The second-order valence-corrected chi connectivity index (χ2v) is 19.1. The Bertz CT molecular complexity index is 3210. The van der Waals surface area contributed by atoms with Crippen molar-refractivity contribution < 1.29 is 0 Å². The molecule has 10 aromatic rings. The standard InChI is InChI=1S/C56H41N5S/c1-5-17-39(18-6-1)40-19-15-20-42(35-40)54-57-55(59-56(58-54)61-51-30-14-13-29-49(51)50-32-31-44(38-53(50)61)60-34-33-41-37-52(41)60)43-21-16-28-48(36-43)62(45-22-7-2-8-23-45,46-24-9-3-10-25-46)47-26-11-4-12-27-47/h1-33,35-36,38,52H,34,37H2. The molecule has 6 heteroatoms. The normalized spacial score (nSPS) is 14.8. The molecule has 0 spiro atoms. The molecule has 2 aromatic heterocycles. The van der Waals surface area contributed by atoms with Crippen LogP contribution >= 0.6 is 10.0 Å². The van der Waals surface area contributed by atoms with Crippen LogP contribution in [0.2, 0.25) is 0 Å². The van der Waals surface area contributed by atoms with Crippen molar-refractivity contribution in [2.45, 2.75) is 32.0 Å². The Kier molecular flexibility index (Phi) is 8.71. The van der Waals surface area contributed by atoms with E-state index in [0.29, 0.717) is 23.6 Å². The van der Waals surface area contributed by atoms with Crippen LogP contribution in [0.3, 0.4) is 0 Å². The van der Waals surface area contributed by atoms with Crippen molar-refractivity contribution in [2.75, 3.05) is 11.4 Å². The largest absolute Gasteiger partial charge is 0.361 e. The van der Waals surface area contributed by atoms with E-state index < -0.39 is 10.0 Å². The number of hydrogen-bond donors (Lipinski definition) is 0. The van der Waals surface area contributed by atoms with Gasteiger partial charge in [0.05, 0.1) is 17.1 Å². The molecule has 0 bridgehead atoms. The number of hydrogen-bond acceptors (Lipinski definition) is 4. The lowest BCUT2D eigenvalue weighted by Gasteiger charge is -2.42. The summed E-state index contributed by atoms with van der Waals surface area (Å²) in [7, 11) is -1.95. The van der Waals surface area contributed by atoms with Crippen molar-refractivity contribution in [1.82, 2.24) is 19.5 Å². The minimum atomic E-state index is -1.95. The van der Waals surface area contributed by atoms with Gasteiger partial charge in [-0.3, -0.25) is 4.57 Å². The first-order chi connectivity index (χ1) is 30.7. The number of para-hydroxylation sites is 1. The summed E-state index contributed by atoms with van der Waals surface area (Å²) >= 11 is 0. The van der Waals surface area contributed by atoms with E-state index in [0.717, 1.165) is 46.3 Å². The number of nitrogens with zero attached hydrogens (tertiary/aromatic N) is 5. The Morgan fingerprint density at radius 3 is 1.58 bits per heavy atom. The minimum Gasteiger partial charge on any atom is -0.361 e. The molecule has 1 fully saturated rings. The van der Waals surface area contributed by atoms with Gasteiger partial charge in [0.25, 0.3) is 0 Å². The number of fused-ring (bicyclic) bond motifs is 4. The summed E-state index contributed by atoms with van der Waals surface area (Å²) in [6.07, 6.45) is 3.54. The van der Waals surface area contributed by atoms with Gasteiger partial charge in [-0.15, -0.1) is 10.0 Å². The van der Waals surface area contributed by atoms with Crippen LogP contribution in [0.4, 0.5) is 5.69 Å². The number of rotatable bonds is 9. The quantitative estimate of drug-likeness (QED) is 0.136. The average molecular weight is 816 g/mol. The van der Waals surface area contributed by atoms with Crippen LogP contribution in [0, 0.1) is 0 Å². The molecule has 8 aromatic carbocycles. The van der Waals surface area contributed by atoms with E-state index in [2.05, 4.69) is 228 Å². The smallest absolute Gasteiger partial charge is 0.238 e. The van der Waals surface area contributed by atoms with Crippen molar-refractivity contribution in [1.29, 1.82) is 0 Å². The van der Waals surface area contributed by atoms with E-state index in [9.17, 15) is 0 Å². The number of aromatic nitrogens is 4. The molecule has 5 nitrogen and oxygen atoms in total. The maximum Gasteiger partial charge on any atom is 0.238 e. The monoisotopic (exact) mass is 815 g/mol. The Labute approximate surface area is 362 Å². The Balaban J connectivity index is 1.10. The second-order valence-electron chi connectivity index (χ2n) is 16.0. The van der Waals surface area contributed by atoms with Crippen LogP contribution < -0.4 is 4.90 Å². The molecule has 1 aliphatic heterocycles. The maximum atomic E-state index is 5.47. The lowest BCUT2D eigenvalue weighted by molar-refractivity contribution is 0.902. The SMILES string of the molecule is C1=C2CC2N(c2ccc3c4ccccc4n(-c4nc(-c5cccc(-c6ccccc6)c5)nc(-c5cccc(S(c6ccccc6)(c6ccccc6)c6ccccc6)c5)n4)c3c2)C1. The molecule has 0 N–H and O–H groups in total. The van der Waals surface area contributed by atoms with Crippen LogP contribution in [-0.4, -0.2) is 32.1 Å². The van der Waals surface area contributed by atoms with Crippen molar-refractivity contribution in [3.63, 3.8) is 0 Å². The molecular weight excluding hydrogens is 775 g/mol.